The predicted molar refractivity (Wildman–Crippen MR) is 106 cm³/mol. The molecule has 1 saturated heterocycles. The van der Waals surface area contributed by atoms with Crippen LogP contribution in [0.25, 0.3) is 0 Å². The van der Waals surface area contributed by atoms with Gasteiger partial charge in [-0.2, -0.15) is 5.10 Å². The van der Waals surface area contributed by atoms with E-state index in [1.807, 2.05) is 18.7 Å². The van der Waals surface area contributed by atoms with Gasteiger partial charge in [0.15, 0.2) is 0 Å². The summed E-state index contributed by atoms with van der Waals surface area (Å²) in [5.41, 5.74) is 1.54. The quantitative estimate of drug-likeness (QED) is 0.635. The van der Waals surface area contributed by atoms with E-state index in [4.69, 9.17) is 4.42 Å². The summed E-state index contributed by atoms with van der Waals surface area (Å²) >= 11 is 0. The Labute approximate surface area is 169 Å². The van der Waals surface area contributed by atoms with Crippen LogP contribution in [0, 0.1) is 5.82 Å². The molecule has 3 heterocycles. The van der Waals surface area contributed by atoms with Crippen molar-refractivity contribution < 1.29 is 13.6 Å². The topological polar surface area (TPSA) is 64.2 Å². The Hall–Kier alpha value is -2.96. The molecule has 3 aromatic rings. The third kappa shape index (κ3) is 4.09. The molecule has 152 valence electrons. The van der Waals surface area contributed by atoms with E-state index in [9.17, 15) is 9.18 Å². The highest BCUT2D eigenvalue weighted by atomic mass is 19.1. The summed E-state index contributed by atoms with van der Waals surface area (Å²) in [5, 5.41) is 4.29. The molecule has 0 radical (unpaired) electrons. The lowest BCUT2D eigenvalue weighted by molar-refractivity contribution is 0.0555. The monoisotopic (exact) mass is 396 g/mol. The van der Waals surface area contributed by atoms with Crippen molar-refractivity contribution in [2.45, 2.75) is 51.6 Å². The van der Waals surface area contributed by atoms with Crippen molar-refractivity contribution in [1.29, 1.82) is 0 Å². The SMILES string of the molecule is CC(C)n1nccc1C(=O)N1CCCCC1c1ncc(Cc2ccc(F)cc2)o1. The van der Waals surface area contributed by atoms with Gasteiger partial charge in [0.05, 0.1) is 6.20 Å². The fourth-order valence-corrected chi connectivity index (χ4v) is 3.84. The zero-order chi connectivity index (χ0) is 20.4. The first-order chi connectivity index (χ1) is 14.0. The van der Waals surface area contributed by atoms with Gasteiger partial charge in [-0.3, -0.25) is 9.48 Å². The lowest BCUT2D eigenvalue weighted by atomic mass is 10.0. The number of rotatable bonds is 5. The molecule has 1 aliphatic heterocycles. The van der Waals surface area contributed by atoms with Gasteiger partial charge < -0.3 is 9.32 Å². The Bertz CT molecular complexity index is 977. The van der Waals surface area contributed by atoms with Gasteiger partial charge in [-0.1, -0.05) is 12.1 Å². The van der Waals surface area contributed by atoms with E-state index in [0.29, 0.717) is 30.3 Å². The van der Waals surface area contributed by atoms with Crippen molar-refractivity contribution in [3.05, 3.63) is 71.5 Å². The van der Waals surface area contributed by atoms with Crippen LogP contribution in [0.2, 0.25) is 0 Å². The molecule has 0 N–H and O–H groups in total. The lowest BCUT2D eigenvalue weighted by Crippen LogP contribution is -2.39. The molecule has 1 unspecified atom stereocenters. The van der Waals surface area contributed by atoms with Crippen LogP contribution in [0.1, 0.15) is 72.9 Å². The van der Waals surface area contributed by atoms with Crippen molar-refractivity contribution in [2.24, 2.45) is 0 Å². The normalized spacial score (nSPS) is 17.1. The largest absolute Gasteiger partial charge is 0.443 e. The van der Waals surface area contributed by atoms with Crippen LogP contribution in [0.15, 0.2) is 47.1 Å². The molecule has 1 aromatic carbocycles. The first kappa shape index (κ1) is 19.4. The van der Waals surface area contributed by atoms with E-state index in [-0.39, 0.29) is 23.8 Å². The number of carbonyl (C=O) groups is 1. The Morgan fingerprint density at radius 3 is 2.79 bits per heavy atom. The summed E-state index contributed by atoms with van der Waals surface area (Å²) in [7, 11) is 0. The number of benzene rings is 1. The van der Waals surface area contributed by atoms with Gasteiger partial charge in [-0.05, 0) is 56.9 Å². The van der Waals surface area contributed by atoms with Crippen molar-refractivity contribution in [2.75, 3.05) is 6.54 Å². The summed E-state index contributed by atoms with van der Waals surface area (Å²) in [5.74, 6) is 0.964. The number of piperidine rings is 1. The number of hydrogen-bond acceptors (Lipinski definition) is 4. The van der Waals surface area contributed by atoms with Gasteiger partial charge in [-0.15, -0.1) is 0 Å². The van der Waals surface area contributed by atoms with Crippen LogP contribution in [0.5, 0.6) is 0 Å². The molecule has 29 heavy (non-hydrogen) atoms. The minimum Gasteiger partial charge on any atom is -0.443 e. The van der Waals surface area contributed by atoms with Crippen molar-refractivity contribution in [1.82, 2.24) is 19.7 Å². The molecule has 1 aliphatic rings. The van der Waals surface area contributed by atoms with Crippen LogP contribution in [-0.4, -0.2) is 32.1 Å². The molecule has 6 nitrogen and oxygen atoms in total. The van der Waals surface area contributed by atoms with Crippen LogP contribution in [0.4, 0.5) is 4.39 Å². The third-order valence-electron chi connectivity index (χ3n) is 5.29. The zero-order valence-corrected chi connectivity index (χ0v) is 16.7. The maximum Gasteiger partial charge on any atom is 0.272 e. The lowest BCUT2D eigenvalue weighted by Gasteiger charge is -2.34. The molecule has 1 amide bonds. The van der Waals surface area contributed by atoms with Crippen molar-refractivity contribution in [3.8, 4) is 0 Å². The fraction of sp³-hybridized carbons (Fsp3) is 0.409. The second-order valence-electron chi connectivity index (χ2n) is 7.73. The summed E-state index contributed by atoms with van der Waals surface area (Å²) in [4.78, 5) is 19.6. The maximum absolute atomic E-state index is 13.3. The number of aromatic nitrogens is 3. The van der Waals surface area contributed by atoms with Crippen LogP contribution in [0.3, 0.4) is 0 Å². The average molecular weight is 396 g/mol. The molecule has 0 spiro atoms. The average Bonchev–Trinajstić information content (AvgIpc) is 3.39. The molecular weight excluding hydrogens is 371 g/mol. The number of amides is 1. The Balaban J connectivity index is 1.55. The molecule has 1 fully saturated rings. The number of hydrogen-bond donors (Lipinski definition) is 0. The van der Waals surface area contributed by atoms with Crippen molar-refractivity contribution in [3.63, 3.8) is 0 Å². The van der Waals surface area contributed by atoms with E-state index in [1.54, 1.807) is 35.3 Å². The number of likely N-dealkylation sites (tertiary alicyclic amines) is 1. The highest BCUT2D eigenvalue weighted by Crippen LogP contribution is 2.32. The number of oxazole rings is 1. The summed E-state index contributed by atoms with van der Waals surface area (Å²) in [6.07, 6.45) is 6.70. The maximum atomic E-state index is 13.3. The van der Waals surface area contributed by atoms with Crippen LogP contribution >= 0.6 is 0 Å². The van der Waals surface area contributed by atoms with E-state index in [0.717, 1.165) is 24.8 Å². The van der Waals surface area contributed by atoms with Gasteiger partial charge >= 0.3 is 0 Å². The molecule has 0 saturated carbocycles. The van der Waals surface area contributed by atoms with Crippen molar-refractivity contribution >= 4 is 5.91 Å². The number of nitrogens with zero attached hydrogens (tertiary/aromatic N) is 4. The highest BCUT2D eigenvalue weighted by Gasteiger charge is 2.33. The molecule has 7 heteroatoms. The molecule has 0 bridgehead atoms. The molecule has 4 rings (SSSR count). The predicted octanol–water partition coefficient (Wildman–Crippen LogP) is 4.55. The summed E-state index contributed by atoms with van der Waals surface area (Å²) < 4.78 is 20.9. The third-order valence-corrected chi connectivity index (χ3v) is 5.29. The minimum atomic E-state index is -0.260. The first-order valence-corrected chi connectivity index (χ1v) is 10.1. The van der Waals surface area contributed by atoms with Gasteiger partial charge in [0.2, 0.25) is 5.89 Å². The van der Waals surface area contributed by atoms with Gasteiger partial charge in [0.25, 0.3) is 5.91 Å². The minimum absolute atomic E-state index is 0.0424. The van der Waals surface area contributed by atoms with Gasteiger partial charge in [0, 0.05) is 25.2 Å². The Morgan fingerprint density at radius 2 is 2.03 bits per heavy atom. The number of halogens is 1. The molecule has 1 atom stereocenters. The number of carbonyl (C=O) groups excluding carboxylic acids is 1. The molecular formula is C22H25FN4O2. The second kappa shape index (κ2) is 8.19. The Morgan fingerprint density at radius 1 is 1.24 bits per heavy atom. The zero-order valence-electron chi connectivity index (χ0n) is 16.7. The fourth-order valence-electron chi connectivity index (χ4n) is 3.84. The van der Waals surface area contributed by atoms with E-state index >= 15 is 0 Å². The van der Waals surface area contributed by atoms with Crippen LogP contribution in [-0.2, 0) is 6.42 Å². The summed E-state index contributed by atoms with van der Waals surface area (Å²) in [6.45, 7) is 4.68. The van der Waals surface area contributed by atoms with E-state index < -0.39 is 0 Å². The first-order valence-electron chi connectivity index (χ1n) is 10.1. The second-order valence-corrected chi connectivity index (χ2v) is 7.73. The standard InChI is InChI=1S/C22H25FN4O2/c1-15(2)27-20(10-11-25-27)22(28)26-12-4-3-5-19(26)21-24-14-18(29-21)13-16-6-8-17(23)9-7-16/h6-11,14-15,19H,3-5,12-13H2,1-2H3. The summed E-state index contributed by atoms with van der Waals surface area (Å²) in [6, 6.07) is 8.04. The van der Waals surface area contributed by atoms with E-state index in [2.05, 4.69) is 10.1 Å². The van der Waals surface area contributed by atoms with Gasteiger partial charge in [0.1, 0.15) is 23.3 Å². The molecule has 0 aliphatic carbocycles. The van der Waals surface area contributed by atoms with Gasteiger partial charge in [-0.25, -0.2) is 9.37 Å². The molecule has 2 aromatic heterocycles. The van der Waals surface area contributed by atoms with E-state index in [1.165, 1.54) is 12.1 Å². The highest BCUT2D eigenvalue weighted by molar-refractivity contribution is 5.92. The van der Waals surface area contributed by atoms with Crippen LogP contribution < -0.4 is 0 Å². The smallest absolute Gasteiger partial charge is 0.272 e. The Kier molecular flexibility index (Phi) is 5.47.